The Hall–Kier alpha value is -4.50. The number of anilines is 2. The molecule has 2 aliphatic carbocycles. The molecule has 4 aromatic rings. The molecule has 3 heterocycles. The molecule has 0 saturated carbocycles. The van der Waals surface area contributed by atoms with Crippen molar-refractivity contribution in [3.63, 3.8) is 0 Å². The molecule has 0 saturated heterocycles. The molecule has 5 aliphatic rings. The molecular formula is C41H35NO2. The molecule has 44 heavy (non-hydrogen) atoms. The monoisotopic (exact) mass is 573 g/mol. The topological polar surface area (TPSA) is 37.4 Å². The number of hydrogen-bond acceptors (Lipinski definition) is 3. The van der Waals surface area contributed by atoms with E-state index in [0.717, 1.165) is 22.8 Å². The Morgan fingerprint density at radius 3 is 1.95 bits per heavy atom. The van der Waals surface area contributed by atoms with E-state index in [9.17, 15) is 9.59 Å². The van der Waals surface area contributed by atoms with Crippen molar-refractivity contribution in [3.05, 3.63) is 135 Å². The van der Waals surface area contributed by atoms with Crippen molar-refractivity contribution in [2.24, 2.45) is 5.92 Å². The van der Waals surface area contributed by atoms with Crippen molar-refractivity contribution in [3.8, 4) is 0 Å². The summed E-state index contributed by atoms with van der Waals surface area (Å²) in [6, 6.07) is 23.0. The van der Waals surface area contributed by atoms with Gasteiger partial charge in [0.2, 0.25) is 0 Å². The fraction of sp³-hybridized carbons (Fsp3) is 0.268. The zero-order valence-electron chi connectivity index (χ0n) is 26.1. The second kappa shape index (κ2) is 7.95. The Kier molecular flexibility index (Phi) is 4.69. The van der Waals surface area contributed by atoms with E-state index < -0.39 is 0 Å². The number of carbonyl (C=O) groups excluding carboxylic acids is 2. The van der Waals surface area contributed by atoms with Gasteiger partial charge in [-0.1, -0.05) is 96.2 Å². The summed E-state index contributed by atoms with van der Waals surface area (Å²) < 4.78 is 0. The lowest BCUT2D eigenvalue weighted by Gasteiger charge is -2.58. The van der Waals surface area contributed by atoms with Crippen LogP contribution in [0.25, 0.3) is 16.8 Å². The van der Waals surface area contributed by atoms with Gasteiger partial charge in [-0.05, 0) is 80.9 Å². The van der Waals surface area contributed by atoms with Gasteiger partial charge in [0, 0.05) is 39.0 Å². The molecule has 0 aromatic heterocycles. The van der Waals surface area contributed by atoms with Gasteiger partial charge < -0.3 is 4.90 Å². The van der Waals surface area contributed by atoms with E-state index in [1.54, 1.807) is 0 Å². The predicted molar refractivity (Wildman–Crippen MR) is 178 cm³/mol. The highest BCUT2D eigenvalue weighted by molar-refractivity contribution is 6.42. The molecule has 4 aromatic carbocycles. The SMILES string of the molecule is CC1(C)C2=C3C(CC=C2)C(C)(C)c2cccc4c2N3c2c1cc(C=C1C(=O)c3cc5ccccc5cc3C1=O)cc2C4(C)C. The lowest BCUT2D eigenvalue weighted by molar-refractivity contribution is 0.0990. The minimum Gasteiger partial charge on any atom is -0.312 e. The first kappa shape index (κ1) is 25.9. The Labute approximate surface area is 258 Å². The molecule has 0 amide bonds. The number of allylic oxidation sites excluding steroid dienone is 5. The summed E-state index contributed by atoms with van der Waals surface area (Å²) in [4.78, 5) is 30.1. The van der Waals surface area contributed by atoms with Crippen molar-refractivity contribution >= 4 is 39.8 Å². The number of para-hydroxylation sites is 1. The minimum atomic E-state index is -0.271. The highest BCUT2D eigenvalue weighted by Crippen LogP contribution is 2.65. The lowest BCUT2D eigenvalue weighted by Crippen LogP contribution is -2.50. The van der Waals surface area contributed by atoms with Crippen LogP contribution in [0.4, 0.5) is 11.4 Å². The largest absolute Gasteiger partial charge is 0.312 e. The van der Waals surface area contributed by atoms with Crippen LogP contribution in [-0.2, 0) is 16.2 Å². The van der Waals surface area contributed by atoms with Crippen molar-refractivity contribution in [2.75, 3.05) is 4.90 Å². The van der Waals surface area contributed by atoms with Crippen LogP contribution in [0.3, 0.4) is 0 Å². The maximum absolute atomic E-state index is 13.8. The zero-order chi connectivity index (χ0) is 30.5. The predicted octanol–water partition coefficient (Wildman–Crippen LogP) is 9.49. The van der Waals surface area contributed by atoms with Crippen molar-refractivity contribution in [1.82, 2.24) is 0 Å². The van der Waals surface area contributed by atoms with Crippen LogP contribution < -0.4 is 4.90 Å². The van der Waals surface area contributed by atoms with Crippen LogP contribution in [0.2, 0.25) is 0 Å². The Morgan fingerprint density at radius 1 is 0.705 bits per heavy atom. The maximum Gasteiger partial charge on any atom is 0.197 e. The molecule has 1 atom stereocenters. The molecule has 3 nitrogen and oxygen atoms in total. The minimum absolute atomic E-state index is 0.00170. The molecule has 0 radical (unpaired) electrons. The van der Waals surface area contributed by atoms with Crippen molar-refractivity contribution in [1.29, 1.82) is 0 Å². The van der Waals surface area contributed by atoms with Crippen molar-refractivity contribution < 1.29 is 9.59 Å². The fourth-order valence-corrected chi connectivity index (χ4v) is 9.03. The molecule has 0 bridgehead atoms. The number of benzene rings is 4. The maximum atomic E-state index is 13.8. The number of nitrogens with zero attached hydrogens (tertiary/aromatic N) is 1. The highest BCUT2D eigenvalue weighted by atomic mass is 16.2. The van der Waals surface area contributed by atoms with Crippen molar-refractivity contribution in [2.45, 2.75) is 64.2 Å². The molecule has 3 aliphatic heterocycles. The number of hydrogen-bond donors (Lipinski definition) is 0. The van der Waals surface area contributed by atoms with Gasteiger partial charge in [-0.15, -0.1) is 0 Å². The van der Waals surface area contributed by atoms with Crippen LogP contribution in [0.5, 0.6) is 0 Å². The molecule has 0 fully saturated rings. The van der Waals surface area contributed by atoms with E-state index in [1.165, 1.54) is 44.9 Å². The smallest absolute Gasteiger partial charge is 0.197 e. The van der Waals surface area contributed by atoms with Gasteiger partial charge >= 0.3 is 0 Å². The van der Waals surface area contributed by atoms with Gasteiger partial charge in [-0.25, -0.2) is 0 Å². The third-order valence-electron chi connectivity index (χ3n) is 11.6. The number of rotatable bonds is 1. The highest BCUT2D eigenvalue weighted by Gasteiger charge is 2.54. The molecule has 3 heteroatoms. The average molecular weight is 574 g/mol. The average Bonchev–Trinajstić information content (AvgIpc) is 3.22. The Morgan fingerprint density at radius 2 is 1.30 bits per heavy atom. The van der Waals surface area contributed by atoms with Crippen LogP contribution in [0.15, 0.2) is 95.7 Å². The summed E-state index contributed by atoms with van der Waals surface area (Å²) in [6.07, 6.45) is 7.60. The number of fused-ring (bicyclic) bond motifs is 2. The normalized spacial score (nSPS) is 22.4. The molecular weight excluding hydrogens is 538 g/mol. The van der Waals surface area contributed by atoms with Gasteiger partial charge in [-0.3, -0.25) is 9.59 Å². The Bertz CT molecular complexity index is 2110. The van der Waals surface area contributed by atoms with Crippen LogP contribution in [0.1, 0.15) is 96.5 Å². The molecule has 9 rings (SSSR count). The van der Waals surface area contributed by atoms with Gasteiger partial charge in [0.15, 0.2) is 11.6 Å². The van der Waals surface area contributed by atoms with E-state index in [1.807, 2.05) is 42.5 Å². The third kappa shape index (κ3) is 2.93. The number of Topliss-reactive ketones (excluding diaryl/α,β-unsaturated/α-hetero) is 2. The lowest BCUT2D eigenvalue weighted by atomic mass is 9.56. The van der Waals surface area contributed by atoms with E-state index in [4.69, 9.17) is 0 Å². The second-order valence-corrected chi connectivity index (χ2v) is 14.9. The van der Waals surface area contributed by atoms with E-state index >= 15 is 0 Å². The summed E-state index contributed by atoms with van der Waals surface area (Å²) in [5.41, 5.74) is 12.4. The van der Waals surface area contributed by atoms with E-state index in [0.29, 0.717) is 17.0 Å². The van der Waals surface area contributed by atoms with Gasteiger partial charge in [0.05, 0.1) is 16.9 Å². The third-order valence-corrected chi connectivity index (χ3v) is 11.6. The summed E-state index contributed by atoms with van der Waals surface area (Å²) in [5, 5.41) is 1.95. The summed E-state index contributed by atoms with van der Waals surface area (Å²) in [7, 11) is 0. The number of carbonyl (C=O) groups is 2. The van der Waals surface area contributed by atoms with Crippen LogP contribution in [0, 0.1) is 5.92 Å². The summed E-state index contributed by atoms with van der Waals surface area (Å²) >= 11 is 0. The summed E-state index contributed by atoms with van der Waals surface area (Å²) in [5.74, 6) is 0.0187. The zero-order valence-corrected chi connectivity index (χ0v) is 26.1. The first-order valence-electron chi connectivity index (χ1n) is 15.8. The van der Waals surface area contributed by atoms with Gasteiger partial charge in [0.25, 0.3) is 0 Å². The molecule has 0 N–H and O–H groups in total. The first-order chi connectivity index (χ1) is 20.9. The Balaban J connectivity index is 1.30. The van der Waals surface area contributed by atoms with E-state index in [-0.39, 0.29) is 33.4 Å². The molecule has 216 valence electrons. The number of ketones is 2. The van der Waals surface area contributed by atoms with Crippen LogP contribution in [-0.4, -0.2) is 11.6 Å². The standard InChI is InChI=1S/C41H35NO2/c1-39(2)28-13-9-15-30-34(28)42-35-29(39)14-10-16-31(35)41(5,6)33-19-22(18-32(36(33)42)40(30,3)4)17-27-37(43)25-20-23-11-7-8-12-24(23)21-26(25)38(27)44/h7-13,15-21,29H,14H2,1-6H3. The molecule has 0 spiro atoms. The van der Waals surface area contributed by atoms with E-state index in [2.05, 4.69) is 88.9 Å². The fourth-order valence-electron chi connectivity index (χ4n) is 9.03. The quantitative estimate of drug-likeness (QED) is 0.168. The van der Waals surface area contributed by atoms with Gasteiger partial charge in [-0.2, -0.15) is 0 Å². The molecule has 1 unspecified atom stereocenters. The summed E-state index contributed by atoms with van der Waals surface area (Å²) in [6.45, 7) is 14.2. The van der Waals surface area contributed by atoms with Gasteiger partial charge in [0.1, 0.15) is 0 Å². The van der Waals surface area contributed by atoms with Crippen LogP contribution >= 0.6 is 0 Å². The second-order valence-electron chi connectivity index (χ2n) is 14.9. The first-order valence-corrected chi connectivity index (χ1v) is 15.8.